The summed E-state index contributed by atoms with van der Waals surface area (Å²) in [5.41, 5.74) is 0. The van der Waals surface area contributed by atoms with Gasteiger partial charge in [0.15, 0.2) is 6.10 Å². The van der Waals surface area contributed by atoms with Gasteiger partial charge in [0.1, 0.15) is 13.2 Å². The van der Waals surface area contributed by atoms with Crippen molar-refractivity contribution in [3.05, 3.63) is 48.6 Å². The standard InChI is InChI=1S/C61H110O6/c1-4-7-10-13-16-19-22-25-27-29-31-33-36-39-42-45-48-51-54-60(63)66-57-58(56-65-59(62)53-50-47-44-41-38-35-24-21-18-15-12-9-6-3)67-61(64)55-52-49-46-43-40-37-34-32-30-28-26-23-20-17-14-11-8-5-2/h27,29,31,33,35,38,44,47,58H,4-26,28,30,32,34,36-37,39-43,45-46,48-57H2,1-3H3/b29-27+,33-31+,38-35+,47-44+. The SMILES string of the molecule is CCCCCCCC/C=C/C/C=C/CCC(=O)OCC(COC(=O)CCCCCCC/C=C/C=C/CCCCCCCCC)OC(=O)CCCCCCCCCCCCCCCCCCCC. The smallest absolute Gasteiger partial charge is 0.306 e. The second-order valence-corrected chi connectivity index (χ2v) is 19.6. The molecule has 1 atom stereocenters. The quantitative estimate of drug-likeness (QED) is 0.0199. The van der Waals surface area contributed by atoms with E-state index in [-0.39, 0.29) is 37.5 Å². The molecule has 0 aliphatic carbocycles. The Balaban J connectivity index is 4.40. The van der Waals surface area contributed by atoms with E-state index in [4.69, 9.17) is 14.2 Å². The zero-order valence-corrected chi connectivity index (χ0v) is 44.7. The third-order valence-corrected chi connectivity index (χ3v) is 12.8. The minimum atomic E-state index is -0.800. The number of hydrogen-bond donors (Lipinski definition) is 0. The zero-order chi connectivity index (χ0) is 48.6. The third-order valence-electron chi connectivity index (χ3n) is 12.8. The van der Waals surface area contributed by atoms with E-state index >= 15 is 0 Å². The molecule has 0 aromatic heterocycles. The van der Waals surface area contributed by atoms with Gasteiger partial charge in [-0.05, 0) is 64.2 Å². The highest BCUT2D eigenvalue weighted by Crippen LogP contribution is 2.16. The highest BCUT2D eigenvalue weighted by Gasteiger charge is 2.19. The molecular formula is C61H110O6. The van der Waals surface area contributed by atoms with E-state index in [0.717, 1.165) is 70.6 Å². The van der Waals surface area contributed by atoms with Crippen molar-refractivity contribution >= 4 is 17.9 Å². The number of ether oxygens (including phenoxy) is 3. The Hall–Kier alpha value is -2.63. The Morgan fingerprint density at radius 2 is 0.612 bits per heavy atom. The number of carbonyl (C=O) groups excluding carboxylic acids is 3. The van der Waals surface area contributed by atoms with Crippen LogP contribution in [-0.2, 0) is 28.6 Å². The molecule has 0 aromatic carbocycles. The maximum atomic E-state index is 12.9. The van der Waals surface area contributed by atoms with Crippen molar-refractivity contribution in [1.29, 1.82) is 0 Å². The van der Waals surface area contributed by atoms with E-state index in [1.54, 1.807) is 0 Å². The predicted octanol–water partition coefficient (Wildman–Crippen LogP) is 19.4. The van der Waals surface area contributed by atoms with Gasteiger partial charge in [0.25, 0.3) is 0 Å². The summed E-state index contributed by atoms with van der Waals surface area (Å²) in [4.78, 5) is 38.1. The van der Waals surface area contributed by atoms with Crippen molar-refractivity contribution in [2.45, 2.75) is 309 Å². The predicted molar refractivity (Wildman–Crippen MR) is 289 cm³/mol. The Morgan fingerprint density at radius 1 is 0.313 bits per heavy atom. The number of carbonyl (C=O) groups is 3. The van der Waals surface area contributed by atoms with E-state index in [1.165, 1.54) is 186 Å². The zero-order valence-electron chi connectivity index (χ0n) is 44.7. The van der Waals surface area contributed by atoms with Gasteiger partial charge >= 0.3 is 17.9 Å². The average Bonchev–Trinajstić information content (AvgIpc) is 3.33. The minimum Gasteiger partial charge on any atom is -0.462 e. The lowest BCUT2D eigenvalue weighted by Crippen LogP contribution is -2.30. The first-order chi connectivity index (χ1) is 33.0. The van der Waals surface area contributed by atoms with Gasteiger partial charge in [0.05, 0.1) is 0 Å². The highest BCUT2D eigenvalue weighted by atomic mass is 16.6. The van der Waals surface area contributed by atoms with Gasteiger partial charge < -0.3 is 14.2 Å². The minimum absolute atomic E-state index is 0.0955. The van der Waals surface area contributed by atoms with Gasteiger partial charge in [-0.1, -0.05) is 268 Å². The third kappa shape index (κ3) is 54.2. The lowest BCUT2D eigenvalue weighted by Gasteiger charge is -2.18. The van der Waals surface area contributed by atoms with Crippen LogP contribution in [0.15, 0.2) is 48.6 Å². The maximum absolute atomic E-state index is 12.9. The van der Waals surface area contributed by atoms with Crippen molar-refractivity contribution < 1.29 is 28.6 Å². The second kappa shape index (κ2) is 56.0. The molecule has 0 N–H and O–H groups in total. The van der Waals surface area contributed by atoms with E-state index in [9.17, 15) is 14.4 Å². The summed E-state index contributed by atoms with van der Waals surface area (Å²) < 4.78 is 16.8. The molecule has 0 aliphatic rings. The maximum Gasteiger partial charge on any atom is 0.306 e. The fraction of sp³-hybridized carbons (Fsp3) is 0.820. The fourth-order valence-corrected chi connectivity index (χ4v) is 8.43. The molecule has 67 heavy (non-hydrogen) atoms. The first kappa shape index (κ1) is 64.4. The molecule has 0 saturated carbocycles. The number of hydrogen-bond acceptors (Lipinski definition) is 6. The first-order valence-corrected chi connectivity index (χ1v) is 29.2. The molecule has 0 bridgehead atoms. The lowest BCUT2D eigenvalue weighted by atomic mass is 10.0. The summed E-state index contributed by atoms with van der Waals surface area (Å²) in [6, 6.07) is 0. The van der Waals surface area contributed by atoms with Crippen LogP contribution < -0.4 is 0 Å². The number of rotatable bonds is 53. The van der Waals surface area contributed by atoms with Crippen LogP contribution in [0.3, 0.4) is 0 Å². The number of allylic oxidation sites excluding steroid dienone is 8. The lowest BCUT2D eigenvalue weighted by molar-refractivity contribution is -0.166. The van der Waals surface area contributed by atoms with E-state index < -0.39 is 6.10 Å². The van der Waals surface area contributed by atoms with Crippen LogP contribution in [0.4, 0.5) is 0 Å². The molecule has 390 valence electrons. The van der Waals surface area contributed by atoms with Crippen LogP contribution >= 0.6 is 0 Å². The summed E-state index contributed by atoms with van der Waals surface area (Å²) >= 11 is 0. The van der Waals surface area contributed by atoms with Gasteiger partial charge in [-0.2, -0.15) is 0 Å². The molecule has 1 unspecified atom stereocenters. The summed E-state index contributed by atoms with van der Waals surface area (Å²) in [5, 5.41) is 0. The molecule has 0 radical (unpaired) electrons. The Bertz CT molecular complexity index is 1170. The number of unbranched alkanes of at least 4 members (excludes halogenated alkanes) is 35. The summed E-state index contributed by atoms with van der Waals surface area (Å²) in [6.45, 7) is 6.60. The van der Waals surface area contributed by atoms with Crippen LogP contribution in [-0.4, -0.2) is 37.2 Å². The molecule has 0 aromatic rings. The van der Waals surface area contributed by atoms with Crippen LogP contribution in [0.5, 0.6) is 0 Å². The Morgan fingerprint density at radius 3 is 1.00 bits per heavy atom. The van der Waals surface area contributed by atoms with E-state index in [2.05, 4.69) is 63.3 Å². The van der Waals surface area contributed by atoms with Crippen LogP contribution in [0.25, 0.3) is 0 Å². The molecule has 0 fully saturated rings. The topological polar surface area (TPSA) is 78.9 Å². The molecule has 0 rings (SSSR count). The molecular weight excluding hydrogens is 829 g/mol. The van der Waals surface area contributed by atoms with Gasteiger partial charge in [-0.25, -0.2) is 0 Å². The second-order valence-electron chi connectivity index (χ2n) is 19.6. The van der Waals surface area contributed by atoms with Crippen molar-refractivity contribution in [2.24, 2.45) is 0 Å². The molecule has 0 spiro atoms. The van der Waals surface area contributed by atoms with Crippen molar-refractivity contribution in [1.82, 2.24) is 0 Å². The molecule has 0 aliphatic heterocycles. The Labute approximate surface area is 416 Å². The van der Waals surface area contributed by atoms with Crippen LogP contribution in [0.2, 0.25) is 0 Å². The van der Waals surface area contributed by atoms with E-state index in [1.807, 2.05) is 6.08 Å². The molecule has 0 saturated heterocycles. The molecule has 6 nitrogen and oxygen atoms in total. The normalized spacial score (nSPS) is 12.3. The van der Waals surface area contributed by atoms with Gasteiger partial charge in [-0.15, -0.1) is 0 Å². The Kier molecular flexibility index (Phi) is 53.8. The van der Waals surface area contributed by atoms with Gasteiger partial charge in [0.2, 0.25) is 0 Å². The monoisotopic (exact) mass is 939 g/mol. The van der Waals surface area contributed by atoms with Crippen LogP contribution in [0.1, 0.15) is 303 Å². The van der Waals surface area contributed by atoms with Crippen LogP contribution in [0, 0.1) is 0 Å². The van der Waals surface area contributed by atoms with Crippen molar-refractivity contribution in [3.63, 3.8) is 0 Å². The van der Waals surface area contributed by atoms with Crippen molar-refractivity contribution in [2.75, 3.05) is 13.2 Å². The number of esters is 3. The van der Waals surface area contributed by atoms with Gasteiger partial charge in [0, 0.05) is 19.3 Å². The summed E-state index contributed by atoms with van der Waals surface area (Å²) in [7, 11) is 0. The van der Waals surface area contributed by atoms with E-state index in [0.29, 0.717) is 19.3 Å². The van der Waals surface area contributed by atoms with Gasteiger partial charge in [-0.3, -0.25) is 14.4 Å². The molecule has 6 heteroatoms. The highest BCUT2D eigenvalue weighted by molar-refractivity contribution is 5.71. The summed E-state index contributed by atoms with van der Waals surface area (Å²) in [6.07, 6.45) is 68.3. The molecule has 0 amide bonds. The average molecular weight is 940 g/mol. The molecule has 0 heterocycles. The largest absolute Gasteiger partial charge is 0.462 e. The fourth-order valence-electron chi connectivity index (χ4n) is 8.43. The summed E-state index contributed by atoms with van der Waals surface area (Å²) in [5.74, 6) is -0.964. The van der Waals surface area contributed by atoms with Crippen molar-refractivity contribution in [3.8, 4) is 0 Å². The first-order valence-electron chi connectivity index (χ1n) is 29.2.